The SMILES string of the molecule is CCCC(C)(O)CNC(=O)C1CCC(C(=O)O)CC1. The number of carbonyl (C=O) groups excluding carboxylic acids is 1. The van der Waals surface area contributed by atoms with Gasteiger partial charge in [-0.15, -0.1) is 0 Å². The maximum atomic E-state index is 12.0. The van der Waals surface area contributed by atoms with Gasteiger partial charge in [-0.05, 0) is 39.0 Å². The van der Waals surface area contributed by atoms with E-state index in [2.05, 4.69) is 5.32 Å². The summed E-state index contributed by atoms with van der Waals surface area (Å²) in [5.74, 6) is -1.22. The minimum Gasteiger partial charge on any atom is -0.481 e. The molecule has 0 bridgehead atoms. The molecular formula is C14H25NO4. The van der Waals surface area contributed by atoms with Crippen LogP contribution in [0.25, 0.3) is 0 Å². The Morgan fingerprint density at radius 2 is 1.74 bits per heavy atom. The van der Waals surface area contributed by atoms with E-state index in [4.69, 9.17) is 5.11 Å². The van der Waals surface area contributed by atoms with E-state index in [1.807, 2.05) is 6.92 Å². The molecule has 5 heteroatoms. The van der Waals surface area contributed by atoms with Crippen LogP contribution in [0.2, 0.25) is 0 Å². The van der Waals surface area contributed by atoms with Crippen LogP contribution in [0.15, 0.2) is 0 Å². The molecular weight excluding hydrogens is 246 g/mol. The van der Waals surface area contributed by atoms with Gasteiger partial charge < -0.3 is 15.5 Å². The Bertz CT molecular complexity index is 319. The summed E-state index contributed by atoms with van der Waals surface area (Å²) in [7, 11) is 0. The number of rotatable bonds is 6. The summed E-state index contributed by atoms with van der Waals surface area (Å²) in [6.45, 7) is 3.97. The third-order valence-corrected chi connectivity index (χ3v) is 3.88. The monoisotopic (exact) mass is 271 g/mol. The quantitative estimate of drug-likeness (QED) is 0.684. The lowest BCUT2D eigenvalue weighted by Gasteiger charge is -2.28. The van der Waals surface area contributed by atoms with E-state index in [0.717, 1.165) is 6.42 Å². The van der Waals surface area contributed by atoms with E-state index in [-0.39, 0.29) is 24.3 Å². The van der Waals surface area contributed by atoms with Crippen molar-refractivity contribution in [3.05, 3.63) is 0 Å². The summed E-state index contributed by atoms with van der Waals surface area (Å²) in [4.78, 5) is 22.8. The summed E-state index contributed by atoms with van der Waals surface area (Å²) >= 11 is 0. The molecule has 1 aliphatic rings. The van der Waals surface area contributed by atoms with Crippen molar-refractivity contribution < 1.29 is 19.8 Å². The van der Waals surface area contributed by atoms with Crippen molar-refractivity contribution >= 4 is 11.9 Å². The van der Waals surface area contributed by atoms with E-state index in [1.165, 1.54) is 0 Å². The number of hydrogen-bond donors (Lipinski definition) is 3. The molecule has 1 fully saturated rings. The summed E-state index contributed by atoms with van der Waals surface area (Å²) in [5, 5.41) is 21.7. The van der Waals surface area contributed by atoms with Crippen LogP contribution in [0, 0.1) is 11.8 Å². The first-order chi connectivity index (χ1) is 8.85. The van der Waals surface area contributed by atoms with Gasteiger partial charge in [0.05, 0.1) is 11.5 Å². The minimum atomic E-state index is -0.858. The zero-order chi connectivity index (χ0) is 14.5. The lowest BCUT2D eigenvalue weighted by atomic mass is 9.81. The Morgan fingerprint density at radius 1 is 1.21 bits per heavy atom. The fourth-order valence-electron chi connectivity index (χ4n) is 2.65. The fraction of sp³-hybridized carbons (Fsp3) is 0.857. The normalized spacial score (nSPS) is 26.5. The molecule has 1 atom stereocenters. The van der Waals surface area contributed by atoms with Gasteiger partial charge in [-0.3, -0.25) is 9.59 Å². The largest absolute Gasteiger partial charge is 0.481 e. The molecule has 0 spiro atoms. The Labute approximate surface area is 114 Å². The molecule has 0 radical (unpaired) electrons. The molecule has 0 aromatic rings. The smallest absolute Gasteiger partial charge is 0.306 e. The van der Waals surface area contributed by atoms with Crippen LogP contribution >= 0.6 is 0 Å². The molecule has 19 heavy (non-hydrogen) atoms. The number of nitrogens with one attached hydrogen (secondary N) is 1. The van der Waals surface area contributed by atoms with Gasteiger partial charge in [0.2, 0.25) is 5.91 Å². The summed E-state index contributed by atoms with van der Waals surface area (Å²) < 4.78 is 0. The molecule has 0 saturated heterocycles. The van der Waals surface area contributed by atoms with Gasteiger partial charge in [0, 0.05) is 12.5 Å². The molecule has 110 valence electrons. The van der Waals surface area contributed by atoms with Crippen molar-refractivity contribution in [2.24, 2.45) is 11.8 Å². The fourth-order valence-corrected chi connectivity index (χ4v) is 2.65. The molecule has 1 aliphatic carbocycles. The Balaban J connectivity index is 2.34. The molecule has 3 N–H and O–H groups in total. The Morgan fingerprint density at radius 3 is 2.21 bits per heavy atom. The number of aliphatic carboxylic acids is 1. The first-order valence-electron chi connectivity index (χ1n) is 7.08. The number of aliphatic hydroxyl groups is 1. The first kappa shape index (κ1) is 16.0. The Kier molecular flexibility index (Phi) is 5.79. The van der Waals surface area contributed by atoms with Crippen molar-refractivity contribution in [2.75, 3.05) is 6.54 Å². The van der Waals surface area contributed by atoms with Crippen LogP contribution < -0.4 is 5.32 Å². The summed E-state index contributed by atoms with van der Waals surface area (Å²) in [6.07, 6.45) is 3.90. The second-order valence-electron chi connectivity index (χ2n) is 5.85. The maximum Gasteiger partial charge on any atom is 0.306 e. The van der Waals surface area contributed by atoms with E-state index >= 15 is 0 Å². The van der Waals surface area contributed by atoms with Gasteiger partial charge in [0.1, 0.15) is 0 Å². The third-order valence-electron chi connectivity index (χ3n) is 3.88. The highest BCUT2D eigenvalue weighted by atomic mass is 16.4. The van der Waals surface area contributed by atoms with E-state index in [0.29, 0.717) is 32.1 Å². The number of carboxylic acid groups (broad SMARTS) is 1. The van der Waals surface area contributed by atoms with Gasteiger partial charge in [-0.1, -0.05) is 13.3 Å². The molecule has 1 unspecified atom stereocenters. The van der Waals surface area contributed by atoms with E-state index in [1.54, 1.807) is 6.92 Å². The topological polar surface area (TPSA) is 86.6 Å². The molecule has 1 amide bonds. The lowest BCUT2D eigenvalue weighted by Crippen LogP contribution is -2.43. The van der Waals surface area contributed by atoms with Crippen molar-refractivity contribution in [2.45, 2.75) is 58.0 Å². The number of amides is 1. The lowest BCUT2D eigenvalue weighted by molar-refractivity contribution is -0.144. The number of hydrogen-bond acceptors (Lipinski definition) is 3. The second-order valence-corrected chi connectivity index (χ2v) is 5.85. The van der Waals surface area contributed by atoms with Crippen LogP contribution in [0.5, 0.6) is 0 Å². The highest BCUT2D eigenvalue weighted by molar-refractivity contribution is 5.79. The Hall–Kier alpha value is -1.10. The van der Waals surface area contributed by atoms with Crippen LogP contribution in [-0.2, 0) is 9.59 Å². The second kappa shape index (κ2) is 6.89. The molecule has 0 heterocycles. The van der Waals surface area contributed by atoms with Gasteiger partial charge in [0.15, 0.2) is 0 Å². The first-order valence-corrected chi connectivity index (χ1v) is 7.08. The van der Waals surface area contributed by atoms with Gasteiger partial charge in [0.25, 0.3) is 0 Å². The van der Waals surface area contributed by atoms with E-state index < -0.39 is 11.6 Å². The highest BCUT2D eigenvalue weighted by Crippen LogP contribution is 2.29. The minimum absolute atomic E-state index is 0.0554. The van der Waals surface area contributed by atoms with Gasteiger partial charge in [-0.2, -0.15) is 0 Å². The summed E-state index contributed by atoms with van der Waals surface area (Å²) in [5.41, 5.74) is -0.858. The van der Waals surface area contributed by atoms with Crippen molar-refractivity contribution in [3.63, 3.8) is 0 Å². The van der Waals surface area contributed by atoms with Crippen molar-refractivity contribution in [1.82, 2.24) is 5.32 Å². The number of carboxylic acids is 1. The average molecular weight is 271 g/mol. The predicted octanol–water partition coefficient (Wildman–Crippen LogP) is 1.54. The van der Waals surface area contributed by atoms with E-state index in [9.17, 15) is 14.7 Å². The maximum absolute atomic E-state index is 12.0. The zero-order valence-corrected chi connectivity index (χ0v) is 11.8. The van der Waals surface area contributed by atoms with Crippen LogP contribution in [0.1, 0.15) is 52.4 Å². The van der Waals surface area contributed by atoms with Crippen LogP contribution in [-0.4, -0.2) is 34.2 Å². The molecule has 5 nitrogen and oxygen atoms in total. The zero-order valence-electron chi connectivity index (χ0n) is 11.8. The van der Waals surface area contributed by atoms with Gasteiger partial charge in [-0.25, -0.2) is 0 Å². The molecule has 0 aliphatic heterocycles. The third kappa shape index (κ3) is 5.19. The van der Waals surface area contributed by atoms with Crippen molar-refractivity contribution in [1.29, 1.82) is 0 Å². The standard InChI is InChI=1S/C14H25NO4/c1-3-8-14(2,19)9-15-12(16)10-4-6-11(7-5-10)13(17)18/h10-11,19H,3-9H2,1-2H3,(H,15,16)(H,17,18). The van der Waals surface area contributed by atoms with Crippen molar-refractivity contribution in [3.8, 4) is 0 Å². The molecule has 1 rings (SSSR count). The average Bonchev–Trinajstić information content (AvgIpc) is 2.36. The van der Waals surface area contributed by atoms with Gasteiger partial charge >= 0.3 is 5.97 Å². The van der Waals surface area contributed by atoms with Crippen LogP contribution in [0.3, 0.4) is 0 Å². The number of carbonyl (C=O) groups is 2. The molecule has 0 aromatic carbocycles. The summed E-state index contributed by atoms with van der Waals surface area (Å²) in [6, 6.07) is 0. The van der Waals surface area contributed by atoms with Crippen LogP contribution in [0.4, 0.5) is 0 Å². The predicted molar refractivity (Wildman–Crippen MR) is 71.6 cm³/mol. The molecule has 1 saturated carbocycles. The highest BCUT2D eigenvalue weighted by Gasteiger charge is 2.30. The molecule has 0 aromatic heterocycles.